The van der Waals surface area contributed by atoms with Crippen LogP contribution in [0.5, 0.6) is 0 Å². The zero-order valence-electron chi connectivity index (χ0n) is 17.3. The number of carbonyl (C=O) groups excluding carboxylic acids is 2. The van der Waals surface area contributed by atoms with E-state index in [9.17, 15) is 18.0 Å². The van der Waals surface area contributed by atoms with Crippen molar-refractivity contribution in [2.45, 2.75) is 50.0 Å². The lowest BCUT2D eigenvalue weighted by Crippen LogP contribution is -2.52. The fraction of sp³-hybridized carbons (Fsp3) is 0.619. The summed E-state index contributed by atoms with van der Waals surface area (Å²) in [5.74, 6) is 1.01. The smallest absolute Gasteiger partial charge is 0.251 e. The number of fused-ring (bicyclic) bond motifs is 1. The summed E-state index contributed by atoms with van der Waals surface area (Å²) in [6, 6.07) is 6.19. The maximum atomic E-state index is 12.4. The number of amides is 2. The van der Waals surface area contributed by atoms with Gasteiger partial charge < -0.3 is 10.6 Å². The number of hydrogen-bond donors (Lipinski definition) is 2. The highest BCUT2D eigenvalue weighted by molar-refractivity contribution is 7.89. The number of carbonyl (C=O) groups is 2. The third-order valence-corrected chi connectivity index (χ3v) is 8.04. The summed E-state index contributed by atoms with van der Waals surface area (Å²) in [5.41, 5.74) is 0.400. The highest BCUT2D eigenvalue weighted by atomic mass is 32.2. The monoisotopic (exact) mass is 421 g/mol. The van der Waals surface area contributed by atoms with Crippen LogP contribution in [0.4, 0.5) is 0 Å². The van der Waals surface area contributed by atoms with Gasteiger partial charge in [0.05, 0.1) is 4.90 Å². The van der Waals surface area contributed by atoms with E-state index in [1.54, 1.807) is 0 Å². The predicted molar refractivity (Wildman–Crippen MR) is 111 cm³/mol. The third-order valence-electron chi connectivity index (χ3n) is 6.21. The van der Waals surface area contributed by atoms with Gasteiger partial charge in [-0.15, -0.1) is 0 Å². The SMILES string of the molecule is CC1CCC2CC(CCNC(=O)c3ccc(S(=O)(=O)N(C)C)cc3)C(=O)NC2C1. The van der Waals surface area contributed by atoms with Crippen LogP contribution < -0.4 is 10.6 Å². The van der Waals surface area contributed by atoms with Gasteiger partial charge in [-0.2, -0.15) is 0 Å². The molecule has 4 unspecified atom stereocenters. The molecule has 1 heterocycles. The van der Waals surface area contributed by atoms with Crippen molar-refractivity contribution in [3.8, 4) is 0 Å². The minimum Gasteiger partial charge on any atom is -0.353 e. The maximum Gasteiger partial charge on any atom is 0.251 e. The van der Waals surface area contributed by atoms with Crippen molar-refractivity contribution < 1.29 is 18.0 Å². The summed E-state index contributed by atoms with van der Waals surface area (Å²) in [4.78, 5) is 24.9. The van der Waals surface area contributed by atoms with Crippen LogP contribution in [0.2, 0.25) is 0 Å². The molecule has 29 heavy (non-hydrogen) atoms. The highest BCUT2D eigenvalue weighted by Gasteiger charge is 2.38. The van der Waals surface area contributed by atoms with Crippen LogP contribution in [0.3, 0.4) is 0 Å². The Morgan fingerprint density at radius 3 is 2.52 bits per heavy atom. The quantitative estimate of drug-likeness (QED) is 0.734. The van der Waals surface area contributed by atoms with Gasteiger partial charge in [-0.1, -0.05) is 13.3 Å². The van der Waals surface area contributed by atoms with Gasteiger partial charge in [0.1, 0.15) is 0 Å². The molecule has 0 bridgehead atoms. The van der Waals surface area contributed by atoms with Crippen LogP contribution in [-0.4, -0.2) is 51.2 Å². The molecule has 1 aliphatic carbocycles. The number of nitrogens with zero attached hydrogens (tertiary/aromatic N) is 1. The Bertz CT molecular complexity index is 851. The Kier molecular flexibility index (Phi) is 6.63. The third kappa shape index (κ3) is 4.98. The Balaban J connectivity index is 1.50. The molecule has 2 amide bonds. The van der Waals surface area contributed by atoms with Gasteiger partial charge in [-0.3, -0.25) is 9.59 Å². The van der Waals surface area contributed by atoms with Crippen LogP contribution in [-0.2, 0) is 14.8 Å². The first-order chi connectivity index (χ1) is 13.7. The molecule has 1 aliphatic heterocycles. The van der Waals surface area contributed by atoms with E-state index in [1.807, 2.05) is 0 Å². The molecule has 1 aromatic rings. The van der Waals surface area contributed by atoms with Crippen LogP contribution in [0, 0.1) is 17.8 Å². The van der Waals surface area contributed by atoms with E-state index in [2.05, 4.69) is 17.6 Å². The zero-order valence-corrected chi connectivity index (χ0v) is 18.2. The van der Waals surface area contributed by atoms with Crippen molar-refractivity contribution >= 4 is 21.8 Å². The molecule has 2 aliphatic rings. The highest BCUT2D eigenvalue weighted by Crippen LogP contribution is 2.36. The number of piperidine rings is 1. The van der Waals surface area contributed by atoms with Crippen LogP contribution in [0.25, 0.3) is 0 Å². The minimum atomic E-state index is -3.51. The molecule has 160 valence electrons. The summed E-state index contributed by atoms with van der Waals surface area (Å²) >= 11 is 0. The lowest BCUT2D eigenvalue weighted by Gasteiger charge is -2.41. The second-order valence-corrected chi connectivity index (χ2v) is 10.7. The normalized spacial score (nSPS) is 27.2. The molecule has 0 spiro atoms. The first kappa shape index (κ1) is 21.8. The van der Waals surface area contributed by atoms with Crippen LogP contribution in [0.1, 0.15) is 49.4 Å². The summed E-state index contributed by atoms with van der Waals surface area (Å²) < 4.78 is 25.3. The Hall–Kier alpha value is -1.93. The fourth-order valence-corrected chi connectivity index (χ4v) is 5.28. The lowest BCUT2D eigenvalue weighted by molar-refractivity contribution is -0.130. The molecule has 8 heteroatoms. The van der Waals surface area contributed by atoms with Gasteiger partial charge in [-0.25, -0.2) is 12.7 Å². The Labute approximate surface area is 173 Å². The second kappa shape index (κ2) is 8.83. The summed E-state index contributed by atoms with van der Waals surface area (Å²) in [6.45, 7) is 2.66. The van der Waals surface area contributed by atoms with E-state index in [0.717, 1.165) is 23.6 Å². The Morgan fingerprint density at radius 1 is 1.17 bits per heavy atom. The zero-order chi connectivity index (χ0) is 21.2. The van der Waals surface area contributed by atoms with E-state index in [-0.39, 0.29) is 22.6 Å². The van der Waals surface area contributed by atoms with E-state index in [4.69, 9.17) is 0 Å². The maximum absolute atomic E-state index is 12.4. The van der Waals surface area contributed by atoms with Gasteiger partial charge in [0.2, 0.25) is 15.9 Å². The number of sulfonamides is 1. The predicted octanol–water partition coefficient (Wildman–Crippen LogP) is 2.00. The van der Waals surface area contributed by atoms with Crippen LogP contribution >= 0.6 is 0 Å². The molecule has 1 saturated carbocycles. The fourth-order valence-electron chi connectivity index (χ4n) is 4.38. The molecule has 0 radical (unpaired) electrons. The first-order valence-electron chi connectivity index (χ1n) is 10.3. The van der Waals surface area contributed by atoms with E-state index < -0.39 is 10.0 Å². The molecular formula is C21H31N3O4S. The minimum absolute atomic E-state index is 0.0578. The van der Waals surface area contributed by atoms with Crippen molar-refractivity contribution in [2.75, 3.05) is 20.6 Å². The van der Waals surface area contributed by atoms with Gasteiger partial charge in [0.15, 0.2) is 0 Å². The van der Waals surface area contributed by atoms with Gasteiger partial charge in [0.25, 0.3) is 5.91 Å². The average Bonchev–Trinajstić information content (AvgIpc) is 2.68. The topological polar surface area (TPSA) is 95.6 Å². The van der Waals surface area contributed by atoms with Crippen molar-refractivity contribution in [1.29, 1.82) is 0 Å². The average molecular weight is 422 g/mol. The molecule has 4 atom stereocenters. The molecule has 0 aromatic heterocycles. The standard InChI is InChI=1S/C21H31N3O4S/c1-14-4-5-16-13-17(21(26)23-19(16)12-14)10-11-22-20(25)15-6-8-18(9-7-15)29(27,28)24(2)3/h6-9,14,16-17,19H,4-5,10-13H2,1-3H3,(H,22,25)(H,23,26). The largest absolute Gasteiger partial charge is 0.353 e. The van der Waals surface area contributed by atoms with Crippen molar-refractivity contribution in [1.82, 2.24) is 14.9 Å². The molecule has 3 rings (SSSR count). The molecule has 2 N–H and O–H groups in total. The number of benzene rings is 1. The lowest BCUT2D eigenvalue weighted by atomic mass is 9.72. The van der Waals surface area contributed by atoms with Gasteiger partial charge in [0, 0.05) is 38.2 Å². The second-order valence-electron chi connectivity index (χ2n) is 8.58. The van der Waals surface area contributed by atoms with E-state index >= 15 is 0 Å². The number of rotatable bonds is 6. The van der Waals surface area contributed by atoms with E-state index in [0.29, 0.717) is 36.4 Å². The van der Waals surface area contributed by atoms with Crippen LogP contribution in [0.15, 0.2) is 29.2 Å². The summed E-state index contributed by atoms with van der Waals surface area (Å²) in [5, 5.41) is 6.03. The van der Waals surface area contributed by atoms with Gasteiger partial charge in [-0.05, 0) is 61.8 Å². The molecule has 1 aromatic carbocycles. The van der Waals surface area contributed by atoms with Crippen molar-refractivity contribution in [2.24, 2.45) is 17.8 Å². The number of nitrogens with one attached hydrogen (secondary N) is 2. The Morgan fingerprint density at radius 2 is 1.86 bits per heavy atom. The van der Waals surface area contributed by atoms with Crippen molar-refractivity contribution in [3.05, 3.63) is 29.8 Å². The molecule has 1 saturated heterocycles. The van der Waals surface area contributed by atoms with Gasteiger partial charge >= 0.3 is 0 Å². The number of hydrogen-bond acceptors (Lipinski definition) is 4. The van der Waals surface area contributed by atoms with Crippen molar-refractivity contribution in [3.63, 3.8) is 0 Å². The molecule has 7 nitrogen and oxygen atoms in total. The molecule has 2 fully saturated rings. The molecular weight excluding hydrogens is 390 g/mol. The summed E-state index contributed by atoms with van der Waals surface area (Å²) in [7, 11) is -0.582. The first-order valence-corrected chi connectivity index (χ1v) is 11.7. The van der Waals surface area contributed by atoms with E-state index in [1.165, 1.54) is 44.8 Å². The summed E-state index contributed by atoms with van der Waals surface area (Å²) in [6.07, 6.45) is 4.97.